The average Bonchev–Trinajstić information content (AvgIpc) is 3.11. The molecule has 0 spiro atoms. The first-order valence-electron chi connectivity index (χ1n) is 12.9. The van der Waals surface area contributed by atoms with Gasteiger partial charge >= 0.3 is 5.69 Å². The second-order valence-corrected chi connectivity index (χ2v) is 10.3. The summed E-state index contributed by atoms with van der Waals surface area (Å²) in [6.45, 7) is 3.20. The predicted octanol–water partition coefficient (Wildman–Crippen LogP) is 6.45. The topological polar surface area (TPSA) is 123 Å². The average molecular weight is 573 g/mol. The number of benzene rings is 4. The minimum absolute atomic E-state index is 0.0295. The second kappa shape index (κ2) is 10.9. The third-order valence-corrected chi connectivity index (χ3v) is 7.25. The van der Waals surface area contributed by atoms with Crippen molar-refractivity contribution in [1.29, 1.82) is 0 Å². The zero-order valence-corrected chi connectivity index (χ0v) is 22.9. The third kappa shape index (κ3) is 5.36. The molecule has 9 nitrogen and oxygen atoms in total. The lowest BCUT2D eigenvalue weighted by atomic mass is 9.83. The van der Waals surface area contributed by atoms with Crippen LogP contribution in [0.4, 0.5) is 31.5 Å². The van der Waals surface area contributed by atoms with Gasteiger partial charge in [0, 0.05) is 18.2 Å². The molecule has 3 N–H and O–H groups in total. The summed E-state index contributed by atoms with van der Waals surface area (Å²) in [6.07, 6.45) is 0. The van der Waals surface area contributed by atoms with Gasteiger partial charge in [0.05, 0.1) is 40.1 Å². The molecule has 0 aromatic heterocycles. The van der Waals surface area contributed by atoms with Gasteiger partial charge in [-0.3, -0.25) is 19.7 Å². The number of nitro benzene ring substituents is 1. The Bertz CT molecular complexity index is 1760. The lowest BCUT2D eigenvalue weighted by Crippen LogP contribution is -2.39. The lowest BCUT2D eigenvalue weighted by molar-refractivity contribution is -0.385. The maximum absolute atomic E-state index is 14.0. The van der Waals surface area contributed by atoms with Crippen LogP contribution in [0.1, 0.15) is 35.3 Å². The molecule has 0 saturated heterocycles. The highest BCUT2D eigenvalue weighted by Gasteiger charge is 2.31. The van der Waals surface area contributed by atoms with Crippen molar-refractivity contribution in [2.45, 2.75) is 25.8 Å². The van der Waals surface area contributed by atoms with E-state index in [9.17, 15) is 28.5 Å². The summed E-state index contributed by atoms with van der Waals surface area (Å²) in [7, 11) is 1.36. The Morgan fingerprint density at radius 1 is 0.929 bits per heavy atom. The number of methoxy groups -OCH3 is 1. The van der Waals surface area contributed by atoms with Crippen LogP contribution in [0.3, 0.4) is 0 Å². The van der Waals surface area contributed by atoms with Crippen molar-refractivity contribution < 1.29 is 28.0 Å². The van der Waals surface area contributed by atoms with Crippen molar-refractivity contribution >= 4 is 34.6 Å². The normalized spacial score (nSPS) is 12.3. The molecule has 2 amide bonds. The minimum Gasteiger partial charge on any atom is -0.490 e. The van der Waals surface area contributed by atoms with E-state index in [0.29, 0.717) is 39.3 Å². The summed E-state index contributed by atoms with van der Waals surface area (Å²) in [4.78, 5) is 37.0. The molecule has 5 rings (SSSR count). The SMILES string of the molecule is COc1cc(-c2ccc3c(c2)Nc2ccc(C(C)(C)C(=O)NCc4cc(F)ccc4F)cc2NC3=O)ccc1[N+](=O)[O-]. The van der Waals surface area contributed by atoms with Crippen molar-refractivity contribution in [3.63, 3.8) is 0 Å². The number of carbonyl (C=O) groups is 2. The van der Waals surface area contributed by atoms with Crippen LogP contribution < -0.4 is 20.7 Å². The van der Waals surface area contributed by atoms with Crippen LogP contribution in [-0.2, 0) is 16.8 Å². The number of nitro groups is 1. The molecular weight excluding hydrogens is 546 g/mol. The Morgan fingerprint density at radius 3 is 2.40 bits per heavy atom. The van der Waals surface area contributed by atoms with Gasteiger partial charge < -0.3 is 20.7 Å². The Kier molecular flexibility index (Phi) is 7.34. The number of halogens is 2. The van der Waals surface area contributed by atoms with E-state index in [4.69, 9.17) is 4.74 Å². The molecule has 1 aliphatic rings. The van der Waals surface area contributed by atoms with Gasteiger partial charge in [-0.25, -0.2) is 8.78 Å². The van der Waals surface area contributed by atoms with Crippen LogP contribution in [0.25, 0.3) is 11.1 Å². The third-order valence-electron chi connectivity index (χ3n) is 7.25. The van der Waals surface area contributed by atoms with E-state index in [2.05, 4.69) is 16.0 Å². The quantitative estimate of drug-likeness (QED) is 0.173. The summed E-state index contributed by atoms with van der Waals surface area (Å²) < 4.78 is 32.7. The smallest absolute Gasteiger partial charge is 0.310 e. The Morgan fingerprint density at radius 2 is 1.67 bits per heavy atom. The molecule has 0 radical (unpaired) electrons. The van der Waals surface area contributed by atoms with Gasteiger partial charge in [-0.1, -0.05) is 12.1 Å². The van der Waals surface area contributed by atoms with Gasteiger partial charge in [0.25, 0.3) is 5.91 Å². The fourth-order valence-corrected chi connectivity index (χ4v) is 4.72. The molecule has 0 fully saturated rings. The van der Waals surface area contributed by atoms with Gasteiger partial charge in [0.15, 0.2) is 5.75 Å². The molecule has 42 heavy (non-hydrogen) atoms. The number of ether oxygens (including phenoxy) is 1. The van der Waals surface area contributed by atoms with E-state index in [1.165, 1.54) is 13.2 Å². The summed E-state index contributed by atoms with van der Waals surface area (Å²) >= 11 is 0. The zero-order chi connectivity index (χ0) is 30.2. The highest BCUT2D eigenvalue weighted by Crippen LogP contribution is 2.38. The molecule has 11 heteroatoms. The highest BCUT2D eigenvalue weighted by atomic mass is 19.1. The molecule has 0 saturated carbocycles. The van der Waals surface area contributed by atoms with Crippen LogP contribution in [0.5, 0.6) is 5.75 Å². The second-order valence-electron chi connectivity index (χ2n) is 10.3. The summed E-state index contributed by atoms with van der Waals surface area (Å²) in [5.74, 6) is -1.89. The molecule has 0 atom stereocenters. The summed E-state index contributed by atoms with van der Waals surface area (Å²) in [6, 6.07) is 17.9. The Hall–Kier alpha value is -5.32. The molecule has 214 valence electrons. The fourth-order valence-electron chi connectivity index (χ4n) is 4.72. The van der Waals surface area contributed by atoms with Gasteiger partial charge in [0.1, 0.15) is 11.6 Å². The first kappa shape index (κ1) is 28.2. The molecular formula is C31H26F2N4O5. The molecule has 4 aromatic carbocycles. The summed E-state index contributed by atoms with van der Waals surface area (Å²) in [5.41, 5.74) is 2.67. The van der Waals surface area contributed by atoms with Gasteiger partial charge in [0.2, 0.25) is 5.91 Å². The van der Waals surface area contributed by atoms with Crippen molar-refractivity contribution in [2.75, 3.05) is 17.7 Å². The van der Waals surface area contributed by atoms with E-state index in [1.807, 2.05) is 0 Å². The Balaban J connectivity index is 1.40. The van der Waals surface area contributed by atoms with Gasteiger partial charge in [-0.05, 0) is 85.1 Å². The molecule has 0 bridgehead atoms. The van der Waals surface area contributed by atoms with Crippen molar-refractivity contribution in [3.05, 3.63) is 111 Å². The van der Waals surface area contributed by atoms with Crippen LogP contribution in [0.15, 0.2) is 72.8 Å². The number of fused-ring (bicyclic) bond motifs is 2. The van der Waals surface area contributed by atoms with Crippen molar-refractivity contribution in [1.82, 2.24) is 5.32 Å². The van der Waals surface area contributed by atoms with Crippen LogP contribution in [0, 0.1) is 21.7 Å². The molecule has 0 aliphatic carbocycles. The van der Waals surface area contributed by atoms with Crippen LogP contribution in [-0.4, -0.2) is 23.8 Å². The van der Waals surface area contributed by atoms with E-state index in [-0.39, 0.29) is 29.5 Å². The summed E-state index contributed by atoms with van der Waals surface area (Å²) in [5, 5.41) is 20.1. The number of nitrogens with one attached hydrogen (secondary N) is 3. The number of rotatable bonds is 7. The number of carbonyl (C=O) groups excluding carboxylic acids is 2. The van der Waals surface area contributed by atoms with Crippen molar-refractivity contribution in [2.24, 2.45) is 0 Å². The fraction of sp³-hybridized carbons (Fsp3) is 0.161. The minimum atomic E-state index is -1.08. The van der Waals surface area contributed by atoms with Gasteiger partial charge in [-0.15, -0.1) is 0 Å². The zero-order valence-electron chi connectivity index (χ0n) is 22.9. The largest absolute Gasteiger partial charge is 0.490 e. The maximum Gasteiger partial charge on any atom is 0.310 e. The first-order valence-corrected chi connectivity index (χ1v) is 12.9. The lowest BCUT2D eigenvalue weighted by Gasteiger charge is -2.25. The van der Waals surface area contributed by atoms with E-state index >= 15 is 0 Å². The number of hydrogen-bond acceptors (Lipinski definition) is 6. The van der Waals surface area contributed by atoms with E-state index < -0.39 is 27.9 Å². The first-order chi connectivity index (χ1) is 20.0. The van der Waals surface area contributed by atoms with Crippen LogP contribution >= 0.6 is 0 Å². The number of hydrogen-bond donors (Lipinski definition) is 3. The van der Waals surface area contributed by atoms with E-state index in [1.54, 1.807) is 62.4 Å². The van der Waals surface area contributed by atoms with Crippen LogP contribution in [0.2, 0.25) is 0 Å². The molecule has 1 aliphatic heterocycles. The predicted molar refractivity (Wildman–Crippen MR) is 154 cm³/mol. The Labute approximate surface area is 239 Å². The molecule has 1 heterocycles. The standard InChI is InChI=1S/C31H26F2N4O5/c1-31(2,30(39)34-16-19-12-21(32)7-9-23(19)33)20-6-10-24-26(15-20)36-29(38)22-8-4-17(13-25(22)35-24)18-5-11-27(37(40)41)28(14-18)42-3/h4-15,35H,16H2,1-3H3,(H,34,39)(H,36,38). The molecule has 0 unspecified atom stereocenters. The monoisotopic (exact) mass is 572 g/mol. The number of anilines is 3. The van der Waals surface area contributed by atoms with Gasteiger partial charge in [-0.2, -0.15) is 0 Å². The number of amides is 2. The highest BCUT2D eigenvalue weighted by molar-refractivity contribution is 6.12. The molecule has 4 aromatic rings. The number of nitrogens with zero attached hydrogens (tertiary/aromatic N) is 1. The van der Waals surface area contributed by atoms with E-state index in [0.717, 1.165) is 18.2 Å². The maximum atomic E-state index is 14.0. The van der Waals surface area contributed by atoms with Crippen molar-refractivity contribution in [3.8, 4) is 16.9 Å².